The van der Waals surface area contributed by atoms with E-state index in [4.69, 9.17) is 16.3 Å². The first-order valence-corrected chi connectivity index (χ1v) is 7.97. The summed E-state index contributed by atoms with van der Waals surface area (Å²) in [5.74, 6) is 0.235. The second-order valence-corrected chi connectivity index (χ2v) is 6.06. The van der Waals surface area contributed by atoms with Crippen molar-refractivity contribution < 1.29 is 14.3 Å². The lowest BCUT2D eigenvalue weighted by Crippen LogP contribution is -2.41. The average Bonchev–Trinajstić information content (AvgIpc) is 2.81. The van der Waals surface area contributed by atoms with Crippen LogP contribution >= 0.6 is 11.6 Å². The van der Waals surface area contributed by atoms with Crippen molar-refractivity contribution in [2.45, 2.75) is 12.5 Å². The predicted octanol–water partition coefficient (Wildman–Crippen LogP) is 3.19. The first-order valence-electron chi connectivity index (χ1n) is 7.59. The number of halogens is 1. The van der Waals surface area contributed by atoms with Gasteiger partial charge < -0.3 is 10.1 Å². The van der Waals surface area contributed by atoms with Crippen LogP contribution in [0, 0.1) is 0 Å². The summed E-state index contributed by atoms with van der Waals surface area (Å²) in [6.07, 6.45) is 0. The first-order chi connectivity index (χ1) is 11.5. The van der Waals surface area contributed by atoms with Gasteiger partial charge in [0.2, 0.25) is 0 Å². The van der Waals surface area contributed by atoms with Crippen LogP contribution in [0.4, 0.5) is 4.79 Å². The Balaban J connectivity index is 1.68. The topological polar surface area (TPSA) is 58.6 Å². The summed E-state index contributed by atoms with van der Waals surface area (Å²) in [5, 5.41) is 3.25. The number of rotatable bonds is 5. The summed E-state index contributed by atoms with van der Waals surface area (Å²) in [6.45, 7) is 2.03. The van der Waals surface area contributed by atoms with E-state index in [0.29, 0.717) is 10.8 Å². The zero-order valence-electron chi connectivity index (χ0n) is 13.2. The van der Waals surface area contributed by atoms with E-state index < -0.39 is 11.6 Å². The van der Waals surface area contributed by atoms with Crippen LogP contribution in [-0.4, -0.2) is 30.0 Å². The molecule has 2 aromatic carbocycles. The van der Waals surface area contributed by atoms with Crippen LogP contribution in [0.15, 0.2) is 54.6 Å². The molecule has 1 fully saturated rings. The molecule has 0 aromatic heterocycles. The van der Waals surface area contributed by atoms with E-state index in [1.807, 2.05) is 30.3 Å². The molecular weight excluding hydrogens is 328 g/mol. The number of hydrogen-bond acceptors (Lipinski definition) is 3. The molecule has 5 nitrogen and oxygen atoms in total. The number of nitrogens with zero attached hydrogens (tertiary/aromatic N) is 1. The molecule has 3 amide bonds. The van der Waals surface area contributed by atoms with Crippen molar-refractivity contribution in [2.75, 3.05) is 13.2 Å². The third-order valence-corrected chi connectivity index (χ3v) is 4.35. The van der Waals surface area contributed by atoms with Crippen LogP contribution in [0.3, 0.4) is 0 Å². The maximum Gasteiger partial charge on any atom is 0.325 e. The van der Waals surface area contributed by atoms with Gasteiger partial charge in [-0.2, -0.15) is 0 Å². The minimum atomic E-state index is -1.05. The van der Waals surface area contributed by atoms with Crippen LogP contribution in [0.25, 0.3) is 0 Å². The Labute approximate surface area is 145 Å². The number of urea groups is 1. The fourth-order valence-corrected chi connectivity index (χ4v) is 2.87. The summed E-state index contributed by atoms with van der Waals surface area (Å²) in [7, 11) is 0. The molecule has 124 valence electrons. The highest BCUT2D eigenvalue weighted by atomic mass is 35.5. The second-order valence-electron chi connectivity index (χ2n) is 5.66. The summed E-state index contributed by atoms with van der Waals surface area (Å²) < 4.78 is 5.56. The standard InChI is InChI=1S/C18H17ClN2O3/c1-18(13-7-3-2-4-8-13)16(22)21(17(23)20-18)11-12-24-15-10-6-5-9-14(15)19/h2-10H,11-12H2,1H3,(H,20,23)/t18-/m1/s1. The molecule has 3 rings (SSSR count). The molecule has 0 spiro atoms. The van der Waals surface area contributed by atoms with E-state index in [9.17, 15) is 9.59 Å². The smallest absolute Gasteiger partial charge is 0.325 e. The highest BCUT2D eigenvalue weighted by molar-refractivity contribution is 6.32. The molecule has 0 unspecified atom stereocenters. The van der Waals surface area contributed by atoms with Gasteiger partial charge in [-0.15, -0.1) is 0 Å². The number of hydrogen-bond donors (Lipinski definition) is 1. The third kappa shape index (κ3) is 2.95. The molecule has 1 saturated heterocycles. The summed E-state index contributed by atoms with van der Waals surface area (Å²) >= 11 is 6.02. The fourth-order valence-electron chi connectivity index (χ4n) is 2.68. The highest BCUT2D eigenvalue weighted by Crippen LogP contribution is 2.28. The molecule has 0 aliphatic carbocycles. The Kier molecular flexibility index (Phi) is 4.44. The Morgan fingerprint density at radius 2 is 1.75 bits per heavy atom. The van der Waals surface area contributed by atoms with Gasteiger partial charge in [0, 0.05) is 0 Å². The molecule has 6 heteroatoms. The van der Waals surface area contributed by atoms with E-state index in [1.165, 1.54) is 4.90 Å². The van der Waals surface area contributed by atoms with Gasteiger partial charge in [-0.05, 0) is 24.6 Å². The minimum Gasteiger partial charge on any atom is -0.490 e. The number of imide groups is 1. The van der Waals surface area contributed by atoms with Gasteiger partial charge in [0.1, 0.15) is 17.9 Å². The van der Waals surface area contributed by atoms with Crippen LogP contribution in [0.5, 0.6) is 5.75 Å². The first kappa shape index (κ1) is 16.3. The maximum atomic E-state index is 12.7. The Hall–Kier alpha value is -2.53. The van der Waals surface area contributed by atoms with Gasteiger partial charge in [0.05, 0.1) is 11.6 Å². The molecule has 0 radical (unpaired) electrons. The van der Waals surface area contributed by atoms with Crippen molar-refractivity contribution in [1.29, 1.82) is 0 Å². The number of para-hydroxylation sites is 1. The zero-order valence-corrected chi connectivity index (χ0v) is 13.9. The molecular formula is C18H17ClN2O3. The van der Waals surface area contributed by atoms with E-state index in [0.717, 1.165) is 5.56 Å². The summed E-state index contributed by atoms with van der Waals surface area (Å²) in [4.78, 5) is 26.1. The van der Waals surface area contributed by atoms with Gasteiger partial charge in [0.15, 0.2) is 0 Å². The quantitative estimate of drug-likeness (QED) is 0.847. The fraction of sp³-hybridized carbons (Fsp3) is 0.222. The van der Waals surface area contributed by atoms with Gasteiger partial charge in [-0.1, -0.05) is 54.1 Å². The van der Waals surface area contributed by atoms with Crippen molar-refractivity contribution in [3.8, 4) is 5.75 Å². The number of nitrogens with one attached hydrogen (secondary N) is 1. The van der Waals surface area contributed by atoms with Crippen LogP contribution in [-0.2, 0) is 10.3 Å². The van der Waals surface area contributed by atoms with Crippen molar-refractivity contribution in [3.63, 3.8) is 0 Å². The Morgan fingerprint density at radius 3 is 2.46 bits per heavy atom. The lowest BCUT2D eigenvalue weighted by Gasteiger charge is -2.22. The largest absolute Gasteiger partial charge is 0.490 e. The second kappa shape index (κ2) is 6.53. The van der Waals surface area contributed by atoms with Gasteiger partial charge in [-0.25, -0.2) is 4.79 Å². The van der Waals surface area contributed by atoms with Crippen molar-refractivity contribution in [3.05, 3.63) is 65.2 Å². The van der Waals surface area contributed by atoms with Gasteiger partial charge >= 0.3 is 6.03 Å². The number of carbonyl (C=O) groups excluding carboxylic acids is 2. The molecule has 1 heterocycles. The van der Waals surface area contributed by atoms with Crippen molar-refractivity contribution >= 4 is 23.5 Å². The predicted molar refractivity (Wildman–Crippen MR) is 91.0 cm³/mol. The molecule has 1 atom stereocenters. The number of amides is 3. The molecule has 2 aromatic rings. The number of ether oxygens (including phenoxy) is 1. The normalized spacial score (nSPS) is 20.2. The van der Waals surface area contributed by atoms with E-state index in [1.54, 1.807) is 31.2 Å². The molecule has 1 aliphatic heterocycles. The van der Waals surface area contributed by atoms with Crippen LogP contribution in [0.2, 0.25) is 5.02 Å². The molecule has 0 saturated carbocycles. The van der Waals surface area contributed by atoms with E-state index in [-0.39, 0.29) is 19.1 Å². The summed E-state index contributed by atoms with van der Waals surface area (Å²) in [5.41, 5.74) is -0.305. The van der Waals surface area contributed by atoms with Crippen molar-refractivity contribution in [1.82, 2.24) is 10.2 Å². The molecule has 1 aliphatic rings. The SMILES string of the molecule is C[C@]1(c2ccccc2)NC(=O)N(CCOc2ccccc2Cl)C1=O. The average molecular weight is 345 g/mol. The van der Waals surface area contributed by atoms with E-state index in [2.05, 4.69) is 5.32 Å². The molecule has 24 heavy (non-hydrogen) atoms. The van der Waals surface area contributed by atoms with Gasteiger partial charge in [-0.3, -0.25) is 9.69 Å². The lowest BCUT2D eigenvalue weighted by molar-refractivity contribution is -0.131. The third-order valence-electron chi connectivity index (χ3n) is 4.04. The van der Waals surface area contributed by atoms with Crippen LogP contribution < -0.4 is 10.1 Å². The monoisotopic (exact) mass is 344 g/mol. The summed E-state index contributed by atoms with van der Waals surface area (Å²) in [6, 6.07) is 15.8. The van der Waals surface area contributed by atoms with Crippen molar-refractivity contribution in [2.24, 2.45) is 0 Å². The van der Waals surface area contributed by atoms with E-state index >= 15 is 0 Å². The maximum absolute atomic E-state index is 12.7. The van der Waals surface area contributed by atoms with Crippen LogP contribution in [0.1, 0.15) is 12.5 Å². The molecule has 1 N–H and O–H groups in total. The highest BCUT2D eigenvalue weighted by Gasteiger charge is 2.48. The molecule has 0 bridgehead atoms. The van der Waals surface area contributed by atoms with Gasteiger partial charge in [0.25, 0.3) is 5.91 Å². The lowest BCUT2D eigenvalue weighted by atomic mass is 9.92. The number of benzene rings is 2. The number of carbonyl (C=O) groups is 2. The Morgan fingerprint density at radius 1 is 1.08 bits per heavy atom. The minimum absolute atomic E-state index is 0.151. The zero-order chi connectivity index (χ0) is 17.2. The Bertz CT molecular complexity index is 766.